The SMILES string of the molecule is Cc1nc(NCCc2cccc(Cl)c2)cc(NCC2CCCO2)n1. The van der Waals surface area contributed by atoms with E-state index in [9.17, 15) is 0 Å². The van der Waals surface area contributed by atoms with Gasteiger partial charge in [0, 0.05) is 30.8 Å². The topological polar surface area (TPSA) is 59.1 Å². The van der Waals surface area contributed by atoms with E-state index in [1.807, 2.05) is 31.2 Å². The molecule has 1 aliphatic rings. The predicted molar refractivity (Wildman–Crippen MR) is 97.9 cm³/mol. The minimum Gasteiger partial charge on any atom is -0.376 e. The van der Waals surface area contributed by atoms with Crippen molar-refractivity contribution < 1.29 is 4.74 Å². The van der Waals surface area contributed by atoms with Crippen LogP contribution in [0.3, 0.4) is 0 Å². The fourth-order valence-corrected chi connectivity index (χ4v) is 3.01. The van der Waals surface area contributed by atoms with Crippen LogP contribution in [0.25, 0.3) is 0 Å². The van der Waals surface area contributed by atoms with E-state index in [1.54, 1.807) is 0 Å². The number of anilines is 2. The average Bonchev–Trinajstić information content (AvgIpc) is 3.06. The summed E-state index contributed by atoms with van der Waals surface area (Å²) in [5.74, 6) is 2.42. The maximum Gasteiger partial charge on any atom is 0.131 e. The molecule has 1 aromatic carbocycles. The van der Waals surface area contributed by atoms with Crippen molar-refractivity contribution in [1.29, 1.82) is 0 Å². The second-order valence-electron chi connectivity index (χ2n) is 6.01. The van der Waals surface area contributed by atoms with Crippen LogP contribution in [-0.4, -0.2) is 35.8 Å². The van der Waals surface area contributed by atoms with Gasteiger partial charge in [0.25, 0.3) is 0 Å². The molecule has 2 N–H and O–H groups in total. The van der Waals surface area contributed by atoms with Crippen molar-refractivity contribution in [3.05, 3.63) is 46.7 Å². The van der Waals surface area contributed by atoms with Gasteiger partial charge in [-0.1, -0.05) is 23.7 Å². The van der Waals surface area contributed by atoms with E-state index < -0.39 is 0 Å². The minimum atomic E-state index is 0.291. The first-order valence-electron chi connectivity index (χ1n) is 8.38. The summed E-state index contributed by atoms with van der Waals surface area (Å²) in [6.45, 7) is 4.35. The third-order valence-corrected chi connectivity index (χ3v) is 4.22. The van der Waals surface area contributed by atoms with E-state index in [0.29, 0.717) is 6.10 Å². The zero-order chi connectivity index (χ0) is 16.8. The molecule has 1 aromatic heterocycles. The van der Waals surface area contributed by atoms with Gasteiger partial charge in [0.15, 0.2) is 0 Å². The van der Waals surface area contributed by atoms with Gasteiger partial charge in [-0.05, 0) is 43.9 Å². The molecule has 1 atom stereocenters. The molecule has 0 spiro atoms. The number of aromatic nitrogens is 2. The number of hydrogen-bond donors (Lipinski definition) is 2. The molecule has 1 aliphatic heterocycles. The van der Waals surface area contributed by atoms with Gasteiger partial charge in [-0.2, -0.15) is 0 Å². The van der Waals surface area contributed by atoms with E-state index in [0.717, 1.165) is 61.4 Å². The molecule has 5 nitrogen and oxygen atoms in total. The number of hydrogen-bond acceptors (Lipinski definition) is 5. The Labute approximate surface area is 147 Å². The molecule has 128 valence electrons. The standard InChI is InChI=1S/C18H23ClN4O/c1-13-22-17(20-8-7-14-4-2-5-15(19)10-14)11-18(23-13)21-12-16-6-3-9-24-16/h2,4-5,10-11,16H,3,6-9,12H2,1H3,(H2,20,21,22,23). The first-order chi connectivity index (χ1) is 11.7. The van der Waals surface area contributed by atoms with E-state index in [2.05, 4.69) is 26.7 Å². The van der Waals surface area contributed by atoms with Crippen LogP contribution in [0.15, 0.2) is 30.3 Å². The van der Waals surface area contributed by atoms with Crippen LogP contribution in [0, 0.1) is 6.92 Å². The highest BCUT2D eigenvalue weighted by molar-refractivity contribution is 6.30. The summed E-state index contributed by atoms with van der Waals surface area (Å²) in [4.78, 5) is 8.88. The summed E-state index contributed by atoms with van der Waals surface area (Å²) in [7, 11) is 0. The predicted octanol–water partition coefficient (Wildman–Crippen LogP) is 3.68. The van der Waals surface area contributed by atoms with Gasteiger partial charge in [0.05, 0.1) is 6.10 Å². The molecule has 2 aromatic rings. The molecule has 0 radical (unpaired) electrons. The van der Waals surface area contributed by atoms with Crippen LogP contribution in [0.2, 0.25) is 5.02 Å². The number of benzene rings is 1. The summed E-state index contributed by atoms with van der Waals surface area (Å²) in [6.07, 6.45) is 3.44. The highest BCUT2D eigenvalue weighted by Crippen LogP contribution is 2.16. The second-order valence-corrected chi connectivity index (χ2v) is 6.44. The molecule has 3 rings (SSSR count). The van der Waals surface area contributed by atoms with E-state index in [-0.39, 0.29) is 0 Å². The lowest BCUT2D eigenvalue weighted by atomic mass is 10.1. The van der Waals surface area contributed by atoms with Gasteiger partial charge < -0.3 is 15.4 Å². The van der Waals surface area contributed by atoms with E-state index in [1.165, 1.54) is 5.56 Å². The molecule has 0 saturated carbocycles. The Bertz CT molecular complexity index is 674. The Morgan fingerprint density at radius 2 is 2.04 bits per heavy atom. The molecular weight excluding hydrogens is 324 g/mol. The van der Waals surface area contributed by atoms with Crippen LogP contribution >= 0.6 is 11.6 Å². The Balaban J connectivity index is 1.53. The van der Waals surface area contributed by atoms with E-state index in [4.69, 9.17) is 16.3 Å². The Kier molecular flexibility index (Phi) is 5.88. The number of aryl methyl sites for hydroxylation is 1. The second kappa shape index (κ2) is 8.31. The molecular formula is C18H23ClN4O. The van der Waals surface area contributed by atoms with Crippen LogP contribution in [0.5, 0.6) is 0 Å². The molecule has 0 bridgehead atoms. The van der Waals surface area contributed by atoms with Crippen molar-refractivity contribution >= 4 is 23.2 Å². The molecule has 2 heterocycles. The quantitative estimate of drug-likeness (QED) is 0.800. The molecule has 6 heteroatoms. The van der Waals surface area contributed by atoms with Crippen molar-refractivity contribution in [1.82, 2.24) is 9.97 Å². The molecule has 1 saturated heterocycles. The lowest BCUT2D eigenvalue weighted by Crippen LogP contribution is -2.19. The molecule has 0 amide bonds. The van der Waals surface area contributed by atoms with Crippen molar-refractivity contribution in [2.24, 2.45) is 0 Å². The lowest BCUT2D eigenvalue weighted by Gasteiger charge is -2.13. The molecule has 1 unspecified atom stereocenters. The first-order valence-corrected chi connectivity index (χ1v) is 8.76. The lowest BCUT2D eigenvalue weighted by molar-refractivity contribution is 0.120. The summed E-state index contributed by atoms with van der Waals surface area (Å²) < 4.78 is 5.63. The van der Waals surface area contributed by atoms with Crippen LogP contribution in [0.4, 0.5) is 11.6 Å². The summed E-state index contributed by atoms with van der Waals surface area (Å²) in [5.41, 5.74) is 1.21. The van der Waals surface area contributed by atoms with Crippen molar-refractivity contribution in [2.45, 2.75) is 32.3 Å². The fourth-order valence-electron chi connectivity index (χ4n) is 2.80. The molecule has 1 fully saturated rings. The van der Waals surface area contributed by atoms with Gasteiger partial charge in [0.2, 0.25) is 0 Å². The minimum absolute atomic E-state index is 0.291. The first kappa shape index (κ1) is 17.0. The van der Waals surface area contributed by atoms with Crippen molar-refractivity contribution in [3.63, 3.8) is 0 Å². The number of rotatable bonds is 7. The number of nitrogens with zero attached hydrogens (tertiary/aromatic N) is 2. The maximum absolute atomic E-state index is 6.01. The van der Waals surface area contributed by atoms with Gasteiger partial charge >= 0.3 is 0 Å². The number of halogens is 1. The number of nitrogens with one attached hydrogen (secondary N) is 2. The van der Waals surface area contributed by atoms with Gasteiger partial charge in [-0.15, -0.1) is 0 Å². The third kappa shape index (κ3) is 5.08. The highest BCUT2D eigenvalue weighted by atomic mass is 35.5. The van der Waals surface area contributed by atoms with Gasteiger partial charge in [0.1, 0.15) is 17.5 Å². The third-order valence-electron chi connectivity index (χ3n) is 3.98. The van der Waals surface area contributed by atoms with Gasteiger partial charge in [-0.25, -0.2) is 9.97 Å². The summed E-state index contributed by atoms with van der Waals surface area (Å²) >= 11 is 6.01. The Hall–Kier alpha value is -1.85. The van der Waals surface area contributed by atoms with Crippen LogP contribution < -0.4 is 10.6 Å². The Morgan fingerprint density at radius 1 is 1.21 bits per heavy atom. The average molecular weight is 347 g/mol. The zero-order valence-corrected chi connectivity index (χ0v) is 14.6. The van der Waals surface area contributed by atoms with E-state index >= 15 is 0 Å². The normalized spacial score (nSPS) is 17.0. The number of ether oxygens (including phenoxy) is 1. The summed E-state index contributed by atoms with van der Waals surface area (Å²) in [5, 5.41) is 7.48. The molecule has 24 heavy (non-hydrogen) atoms. The van der Waals surface area contributed by atoms with Gasteiger partial charge in [-0.3, -0.25) is 0 Å². The molecule has 0 aliphatic carbocycles. The largest absolute Gasteiger partial charge is 0.376 e. The zero-order valence-electron chi connectivity index (χ0n) is 13.9. The Morgan fingerprint density at radius 3 is 2.79 bits per heavy atom. The summed E-state index contributed by atoms with van der Waals surface area (Å²) in [6, 6.07) is 9.87. The van der Waals surface area contributed by atoms with Crippen molar-refractivity contribution in [3.8, 4) is 0 Å². The monoisotopic (exact) mass is 346 g/mol. The van der Waals surface area contributed by atoms with Crippen LogP contribution in [0.1, 0.15) is 24.2 Å². The highest BCUT2D eigenvalue weighted by Gasteiger charge is 2.15. The maximum atomic E-state index is 6.01. The van der Waals surface area contributed by atoms with Crippen molar-refractivity contribution in [2.75, 3.05) is 30.3 Å². The van der Waals surface area contributed by atoms with Crippen LogP contribution in [-0.2, 0) is 11.2 Å². The smallest absolute Gasteiger partial charge is 0.131 e. The fraction of sp³-hybridized carbons (Fsp3) is 0.444.